The molecule has 2 aliphatic rings. The SMILES string of the molecule is CCNC(=NCCC(=O)Nc1ccc(C)cc1Cl)N1CCC2(CCC2)C1. The Morgan fingerprint density at radius 3 is 2.77 bits per heavy atom. The van der Waals surface area contributed by atoms with Gasteiger partial charge >= 0.3 is 0 Å². The molecule has 142 valence electrons. The van der Waals surface area contributed by atoms with Gasteiger partial charge in [0.2, 0.25) is 5.91 Å². The van der Waals surface area contributed by atoms with E-state index in [0.29, 0.717) is 29.1 Å². The number of halogens is 1. The Morgan fingerprint density at radius 1 is 1.35 bits per heavy atom. The second kappa shape index (κ2) is 8.30. The number of likely N-dealkylation sites (tertiary alicyclic amines) is 1. The topological polar surface area (TPSA) is 56.7 Å². The van der Waals surface area contributed by atoms with Crippen molar-refractivity contribution >= 4 is 29.2 Å². The number of nitrogens with one attached hydrogen (secondary N) is 2. The highest BCUT2D eigenvalue weighted by atomic mass is 35.5. The molecule has 0 atom stereocenters. The molecule has 1 aromatic rings. The predicted molar refractivity (Wildman–Crippen MR) is 108 cm³/mol. The number of nitrogens with zero attached hydrogens (tertiary/aromatic N) is 2. The maximum absolute atomic E-state index is 12.2. The number of hydrogen-bond donors (Lipinski definition) is 2. The van der Waals surface area contributed by atoms with Crippen LogP contribution >= 0.6 is 11.6 Å². The number of anilines is 1. The van der Waals surface area contributed by atoms with Crippen LogP contribution in [0, 0.1) is 12.3 Å². The molecule has 1 aromatic carbocycles. The van der Waals surface area contributed by atoms with E-state index in [0.717, 1.165) is 31.2 Å². The first kappa shape index (κ1) is 19.0. The Hall–Kier alpha value is -1.75. The van der Waals surface area contributed by atoms with Crippen LogP contribution < -0.4 is 10.6 Å². The van der Waals surface area contributed by atoms with Crippen LogP contribution in [0.1, 0.15) is 44.6 Å². The molecule has 1 aliphatic carbocycles. The van der Waals surface area contributed by atoms with E-state index < -0.39 is 0 Å². The molecular weight excluding hydrogens is 348 g/mol. The second-order valence-electron chi connectivity index (χ2n) is 7.54. The monoisotopic (exact) mass is 376 g/mol. The van der Waals surface area contributed by atoms with Crippen molar-refractivity contribution in [2.45, 2.75) is 46.0 Å². The fraction of sp³-hybridized carbons (Fsp3) is 0.600. The summed E-state index contributed by atoms with van der Waals surface area (Å²) < 4.78 is 0. The van der Waals surface area contributed by atoms with E-state index in [1.165, 1.54) is 25.7 Å². The molecule has 3 rings (SSSR count). The Balaban J connectivity index is 1.52. The van der Waals surface area contributed by atoms with Crippen LogP contribution in [0.2, 0.25) is 5.02 Å². The molecule has 1 heterocycles. The maximum atomic E-state index is 12.2. The van der Waals surface area contributed by atoms with Crippen LogP contribution in [0.15, 0.2) is 23.2 Å². The molecule has 0 radical (unpaired) electrons. The van der Waals surface area contributed by atoms with Crippen LogP contribution in [0.25, 0.3) is 0 Å². The van der Waals surface area contributed by atoms with Crippen molar-refractivity contribution in [1.29, 1.82) is 0 Å². The summed E-state index contributed by atoms with van der Waals surface area (Å²) in [7, 11) is 0. The zero-order chi connectivity index (χ0) is 18.6. The van der Waals surface area contributed by atoms with Gasteiger partial charge < -0.3 is 15.5 Å². The maximum Gasteiger partial charge on any atom is 0.226 e. The summed E-state index contributed by atoms with van der Waals surface area (Å²) >= 11 is 6.17. The number of aryl methyl sites for hydroxylation is 1. The molecule has 1 aliphatic heterocycles. The van der Waals surface area contributed by atoms with Gasteiger partial charge in [-0.3, -0.25) is 9.79 Å². The zero-order valence-electron chi connectivity index (χ0n) is 15.8. The molecule has 6 heteroatoms. The first-order valence-electron chi connectivity index (χ1n) is 9.61. The Labute approximate surface area is 161 Å². The number of rotatable bonds is 5. The van der Waals surface area contributed by atoms with E-state index in [-0.39, 0.29) is 5.91 Å². The minimum Gasteiger partial charge on any atom is -0.357 e. The summed E-state index contributed by atoms with van der Waals surface area (Å²) in [6.07, 6.45) is 5.68. The molecule has 1 amide bonds. The summed E-state index contributed by atoms with van der Waals surface area (Å²) in [6, 6.07) is 5.63. The number of amides is 1. The van der Waals surface area contributed by atoms with Gasteiger partial charge in [0.15, 0.2) is 5.96 Å². The van der Waals surface area contributed by atoms with Crippen molar-refractivity contribution in [3.63, 3.8) is 0 Å². The first-order chi connectivity index (χ1) is 12.5. The molecule has 0 aromatic heterocycles. The summed E-state index contributed by atoms with van der Waals surface area (Å²) in [5, 5.41) is 6.81. The normalized spacial score (nSPS) is 18.7. The molecule has 26 heavy (non-hydrogen) atoms. The Kier molecular flexibility index (Phi) is 6.07. The first-order valence-corrected chi connectivity index (χ1v) is 9.98. The Morgan fingerprint density at radius 2 is 2.15 bits per heavy atom. The third-order valence-electron chi connectivity index (χ3n) is 5.49. The summed E-state index contributed by atoms with van der Waals surface area (Å²) in [5.41, 5.74) is 2.27. The van der Waals surface area contributed by atoms with Crippen LogP contribution in [0.4, 0.5) is 5.69 Å². The van der Waals surface area contributed by atoms with E-state index >= 15 is 0 Å². The number of carbonyl (C=O) groups is 1. The van der Waals surface area contributed by atoms with E-state index in [1.54, 1.807) is 0 Å². The fourth-order valence-corrected chi connectivity index (χ4v) is 4.11. The minimum absolute atomic E-state index is 0.0627. The number of benzene rings is 1. The quantitative estimate of drug-likeness (QED) is 0.606. The smallest absolute Gasteiger partial charge is 0.226 e. The molecule has 0 bridgehead atoms. The van der Waals surface area contributed by atoms with Crippen molar-refractivity contribution < 1.29 is 4.79 Å². The molecule has 2 fully saturated rings. The summed E-state index contributed by atoms with van der Waals surface area (Å²) in [5.74, 6) is 0.879. The highest BCUT2D eigenvalue weighted by molar-refractivity contribution is 6.33. The van der Waals surface area contributed by atoms with Gasteiger partial charge in [0.25, 0.3) is 0 Å². The zero-order valence-corrected chi connectivity index (χ0v) is 16.5. The summed E-state index contributed by atoms with van der Waals surface area (Å²) in [4.78, 5) is 19.2. The average Bonchev–Trinajstić information content (AvgIpc) is 3.03. The lowest BCUT2D eigenvalue weighted by atomic mass is 9.68. The lowest BCUT2D eigenvalue weighted by Gasteiger charge is -2.38. The minimum atomic E-state index is -0.0627. The van der Waals surface area contributed by atoms with Crippen LogP contribution in [0.5, 0.6) is 0 Å². The number of hydrogen-bond acceptors (Lipinski definition) is 2. The van der Waals surface area contributed by atoms with Crippen molar-refractivity contribution in [3.8, 4) is 0 Å². The van der Waals surface area contributed by atoms with Crippen molar-refractivity contribution in [3.05, 3.63) is 28.8 Å². The van der Waals surface area contributed by atoms with Gasteiger partial charge in [0, 0.05) is 26.1 Å². The highest BCUT2D eigenvalue weighted by Crippen LogP contribution is 2.47. The molecule has 5 nitrogen and oxygen atoms in total. The largest absolute Gasteiger partial charge is 0.357 e. The van der Waals surface area contributed by atoms with Gasteiger partial charge in [-0.15, -0.1) is 0 Å². The van der Waals surface area contributed by atoms with Crippen LogP contribution in [-0.2, 0) is 4.79 Å². The highest BCUT2D eigenvalue weighted by Gasteiger charge is 2.43. The fourth-order valence-electron chi connectivity index (χ4n) is 3.82. The third kappa shape index (κ3) is 4.50. The van der Waals surface area contributed by atoms with Gasteiger partial charge in [-0.25, -0.2) is 0 Å². The van der Waals surface area contributed by atoms with E-state index in [9.17, 15) is 4.79 Å². The van der Waals surface area contributed by atoms with Crippen LogP contribution in [-0.4, -0.2) is 42.9 Å². The number of guanidine groups is 1. The molecule has 2 N–H and O–H groups in total. The van der Waals surface area contributed by atoms with Gasteiger partial charge in [-0.2, -0.15) is 0 Å². The lowest BCUT2D eigenvalue weighted by Crippen LogP contribution is -2.42. The standard InChI is InChI=1S/C20H29ClN4O/c1-3-22-19(25-12-10-20(14-25)8-4-9-20)23-11-7-18(26)24-17-6-5-15(2)13-16(17)21/h5-6,13H,3-4,7-12,14H2,1-2H3,(H,22,23)(H,24,26). The van der Waals surface area contributed by atoms with E-state index in [2.05, 4.69) is 27.4 Å². The second-order valence-corrected chi connectivity index (χ2v) is 7.95. The summed E-state index contributed by atoms with van der Waals surface area (Å²) in [6.45, 7) is 7.53. The Bertz CT molecular complexity index is 684. The van der Waals surface area contributed by atoms with E-state index in [4.69, 9.17) is 11.6 Å². The predicted octanol–water partition coefficient (Wildman–Crippen LogP) is 3.82. The van der Waals surface area contributed by atoms with Gasteiger partial charge in [0.1, 0.15) is 0 Å². The van der Waals surface area contributed by atoms with Crippen molar-refractivity contribution in [2.24, 2.45) is 10.4 Å². The number of carbonyl (C=O) groups excluding carboxylic acids is 1. The van der Waals surface area contributed by atoms with Crippen LogP contribution in [0.3, 0.4) is 0 Å². The molecule has 1 saturated carbocycles. The average molecular weight is 377 g/mol. The van der Waals surface area contributed by atoms with Gasteiger partial charge in [0.05, 0.1) is 17.3 Å². The van der Waals surface area contributed by atoms with E-state index in [1.807, 2.05) is 25.1 Å². The number of aliphatic imine (C=N–C) groups is 1. The lowest BCUT2D eigenvalue weighted by molar-refractivity contribution is -0.116. The molecule has 0 unspecified atom stereocenters. The van der Waals surface area contributed by atoms with Gasteiger partial charge in [-0.05, 0) is 56.2 Å². The van der Waals surface area contributed by atoms with Crippen molar-refractivity contribution in [1.82, 2.24) is 10.2 Å². The molecule has 1 spiro atoms. The van der Waals surface area contributed by atoms with Crippen molar-refractivity contribution in [2.75, 3.05) is 31.5 Å². The van der Waals surface area contributed by atoms with Gasteiger partial charge in [-0.1, -0.05) is 24.1 Å². The molecule has 1 saturated heterocycles. The third-order valence-corrected chi connectivity index (χ3v) is 5.80. The molecular formula is C20H29ClN4O.